The first kappa shape index (κ1) is 17.3. The lowest BCUT2D eigenvalue weighted by molar-refractivity contribution is 0.138. The smallest absolute Gasteiger partial charge is 0.226 e. The SMILES string of the molecule is Cc1oc(-c2cc(F)cc(F)c2)nc1CN1CCCCC1c1nccs1. The molecule has 1 aliphatic heterocycles. The molecule has 1 aliphatic rings. The highest BCUT2D eigenvalue weighted by atomic mass is 32.1. The number of oxazole rings is 1. The van der Waals surface area contributed by atoms with Crippen LogP contribution in [0.1, 0.15) is 41.8 Å². The summed E-state index contributed by atoms with van der Waals surface area (Å²) in [6, 6.07) is 3.59. The molecule has 1 fully saturated rings. The number of hydrogen-bond donors (Lipinski definition) is 0. The van der Waals surface area contributed by atoms with Crippen LogP contribution >= 0.6 is 11.3 Å². The zero-order chi connectivity index (χ0) is 18.1. The Morgan fingerprint density at radius 2 is 2.04 bits per heavy atom. The fraction of sp³-hybridized carbons (Fsp3) is 0.368. The summed E-state index contributed by atoms with van der Waals surface area (Å²) in [6.07, 6.45) is 5.24. The van der Waals surface area contributed by atoms with Crippen molar-refractivity contribution >= 4 is 11.3 Å². The minimum Gasteiger partial charge on any atom is -0.441 e. The number of thiazole rings is 1. The van der Waals surface area contributed by atoms with E-state index in [2.05, 4.69) is 14.9 Å². The fourth-order valence-electron chi connectivity index (χ4n) is 3.43. The number of nitrogens with zero attached hydrogens (tertiary/aromatic N) is 3. The van der Waals surface area contributed by atoms with Crippen molar-refractivity contribution in [1.82, 2.24) is 14.9 Å². The fourth-order valence-corrected chi connectivity index (χ4v) is 4.23. The molecule has 2 aromatic heterocycles. The summed E-state index contributed by atoms with van der Waals surface area (Å²) in [6.45, 7) is 3.45. The van der Waals surface area contributed by atoms with E-state index in [-0.39, 0.29) is 11.9 Å². The van der Waals surface area contributed by atoms with Crippen LogP contribution in [0, 0.1) is 18.6 Å². The van der Waals surface area contributed by atoms with E-state index in [1.165, 1.54) is 18.6 Å². The maximum absolute atomic E-state index is 13.5. The van der Waals surface area contributed by atoms with Crippen molar-refractivity contribution in [3.8, 4) is 11.5 Å². The van der Waals surface area contributed by atoms with Gasteiger partial charge in [-0.05, 0) is 38.4 Å². The van der Waals surface area contributed by atoms with Gasteiger partial charge in [0.15, 0.2) is 0 Å². The minimum absolute atomic E-state index is 0.249. The number of halogens is 2. The zero-order valence-electron chi connectivity index (χ0n) is 14.4. The minimum atomic E-state index is -0.641. The standard InChI is InChI=1S/C19H19F2N3OS/c1-12-16(23-18(25-12)13-8-14(20)10-15(21)9-13)11-24-6-3-2-4-17(24)19-22-5-7-26-19/h5,7-10,17H,2-4,6,11H2,1H3. The highest BCUT2D eigenvalue weighted by Crippen LogP contribution is 2.34. The number of piperidine rings is 1. The van der Waals surface area contributed by atoms with Crippen LogP contribution in [-0.4, -0.2) is 21.4 Å². The lowest BCUT2D eigenvalue weighted by Crippen LogP contribution is -2.33. The average Bonchev–Trinajstić information content (AvgIpc) is 3.25. The van der Waals surface area contributed by atoms with Gasteiger partial charge < -0.3 is 4.42 Å². The summed E-state index contributed by atoms with van der Waals surface area (Å²) < 4.78 is 32.7. The summed E-state index contributed by atoms with van der Waals surface area (Å²) in [5.74, 6) is -0.360. The molecule has 0 aliphatic carbocycles. The first-order valence-electron chi connectivity index (χ1n) is 8.66. The number of aromatic nitrogens is 2. The number of benzene rings is 1. The molecule has 4 rings (SSSR count). The second kappa shape index (κ2) is 7.25. The van der Waals surface area contributed by atoms with E-state index in [0.29, 0.717) is 17.9 Å². The third-order valence-electron chi connectivity index (χ3n) is 4.71. The van der Waals surface area contributed by atoms with Gasteiger partial charge in [0, 0.05) is 29.8 Å². The van der Waals surface area contributed by atoms with E-state index < -0.39 is 11.6 Å². The van der Waals surface area contributed by atoms with Crippen molar-refractivity contribution in [3.63, 3.8) is 0 Å². The Bertz CT molecular complexity index is 874. The lowest BCUT2D eigenvalue weighted by Gasteiger charge is -2.33. The summed E-state index contributed by atoms with van der Waals surface area (Å²) in [7, 11) is 0. The van der Waals surface area contributed by atoms with E-state index in [9.17, 15) is 8.78 Å². The highest BCUT2D eigenvalue weighted by molar-refractivity contribution is 7.09. The predicted octanol–water partition coefficient (Wildman–Crippen LogP) is 5.11. The molecule has 7 heteroatoms. The normalized spacial score (nSPS) is 18.3. The Morgan fingerprint density at radius 3 is 2.77 bits per heavy atom. The lowest BCUT2D eigenvalue weighted by atomic mass is 10.0. The Balaban J connectivity index is 1.59. The summed E-state index contributed by atoms with van der Waals surface area (Å²) in [4.78, 5) is 11.4. The van der Waals surface area contributed by atoms with Gasteiger partial charge in [-0.3, -0.25) is 4.90 Å². The summed E-state index contributed by atoms with van der Waals surface area (Å²) >= 11 is 1.67. The largest absolute Gasteiger partial charge is 0.441 e. The molecule has 1 aromatic carbocycles. The number of hydrogen-bond acceptors (Lipinski definition) is 5. The van der Waals surface area contributed by atoms with E-state index in [1.54, 1.807) is 11.3 Å². The van der Waals surface area contributed by atoms with Crippen molar-refractivity contribution in [3.05, 3.63) is 57.9 Å². The van der Waals surface area contributed by atoms with Crippen LogP contribution in [0.2, 0.25) is 0 Å². The quantitative estimate of drug-likeness (QED) is 0.635. The third kappa shape index (κ3) is 3.54. The number of rotatable bonds is 4. The highest BCUT2D eigenvalue weighted by Gasteiger charge is 2.27. The second-order valence-corrected chi connectivity index (χ2v) is 7.46. The van der Waals surface area contributed by atoms with Crippen LogP contribution in [0.3, 0.4) is 0 Å². The topological polar surface area (TPSA) is 42.2 Å². The molecule has 4 nitrogen and oxygen atoms in total. The monoisotopic (exact) mass is 375 g/mol. The van der Waals surface area contributed by atoms with E-state index >= 15 is 0 Å². The van der Waals surface area contributed by atoms with Crippen molar-refractivity contribution < 1.29 is 13.2 Å². The van der Waals surface area contributed by atoms with Crippen LogP contribution in [0.25, 0.3) is 11.5 Å². The van der Waals surface area contributed by atoms with Gasteiger partial charge in [0.2, 0.25) is 5.89 Å². The van der Waals surface area contributed by atoms with E-state index in [1.807, 2.05) is 18.5 Å². The summed E-state index contributed by atoms with van der Waals surface area (Å²) in [5.41, 5.74) is 1.11. The Hall–Kier alpha value is -2.12. The molecular formula is C19H19F2N3OS. The first-order chi connectivity index (χ1) is 12.6. The molecule has 0 N–H and O–H groups in total. The maximum Gasteiger partial charge on any atom is 0.226 e. The van der Waals surface area contributed by atoms with Crippen LogP contribution in [0.5, 0.6) is 0 Å². The van der Waals surface area contributed by atoms with E-state index in [4.69, 9.17) is 4.42 Å². The first-order valence-corrected chi connectivity index (χ1v) is 9.54. The molecule has 1 atom stereocenters. The number of likely N-dealkylation sites (tertiary alicyclic amines) is 1. The molecule has 1 saturated heterocycles. The van der Waals surface area contributed by atoms with Gasteiger partial charge in [0.1, 0.15) is 22.4 Å². The van der Waals surface area contributed by atoms with Gasteiger partial charge in [0.05, 0.1) is 11.7 Å². The van der Waals surface area contributed by atoms with Crippen LogP contribution in [0.4, 0.5) is 8.78 Å². The molecule has 136 valence electrons. The van der Waals surface area contributed by atoms with Crippen LogP contribution in [0.15, 0.2) is 34.2 Å². The molecule has 0 saturated carbocycles. The Labute approximate surface area is 154 Å². The molecule has 1 unspecified atom stereocenters. The predicted molar refractivity (Wildman–Crippen MR) is 95.7 cm³/mol. The Morgan fingerprint density at radius 1 is 1.23 bits per heavy atom. The molecule has 3 heterocycles. The van der Waals surface area contributed by atoms with Gasteiger partial charge in [-0.15, -0.1) is 11.3 Å². The molecule has 0 bridgehead atoms. The molecule has 0 amide bonds. The van der Waals surface area contributed by atoms with Crippen molar-refractivity contribution in [2.45, 2.75) is 38.8 Å². The molecular weight excluding hydrogens is 356 g/mol. The van der Waals surface area contributed by atoms with Gasteiger partial charge in [-0.1, -0.05) is 6.42 Å². The third-order valence-corrected chi connectivity index (χ3v) is 5.58. The van der Waals surface area contributed by atoms with Crippen molar-refractivity contribution in [1.29, 1.82) is 0 Å². The van der Waals surface area contributed by atoms with Crippen molar-refractivity contribution in [2.75, 3.05) is 6.54 Å². The average molecular weight is 375 g/mol. The van der Waals surface area contributed by atoms with Gasteiger partial charge >= 0.3 is 0 Å². The molecule has 0 radical (unpaired) electrons. The molecule has 0 spiro atoms. The maximum atomic E-state index is 13.5. The van der Waals surface area contributed by atoms with Crippen molar-refractivity contribution in [2.24, 2.45) is 0 Å². The zero-order valence-corrected chi connectivity index (χ0v) is 15.2. The second-order valence-electron chi connectivity index (χ2n) is 6.53. The van der Waals surface area contributed by atoms with E-state index in [0.717, 1.165) is 36.2 Å². The van der Waals surface area contributed by atoms with Crippen LogP contribution in [-0.2, 0) is 6.54 Å². The number of aryl methyl sites for hydroxylation is 1. The Kier molecular flexibility index (Phi) is 4.82. The van der Waals surface area contributed by atoms with Gasteiger partial charge in [-0.2, -0.15) is 0 Å². The molecule has 3 aromatic rings. The van der Waals surface area contributed by atoms with Gasteiger partial charge in [-0.25, -0.2) is 18.7 Å². The van der Waals surface area contributed by atoms with Gasteiger partial charge in [0.25, 0.3) is 0 Å². The summed E-state index contributed by atoms with van der Waals surface area (Å²) in [5, 5.41) is 3.12. The molecule has 26 heavy (non-hydrogen) atoms. The van der Waals surface area contributed by atoms with Crippen LogP contribution < -0.4 is 0 Å².